The van der Waals surface area contributed by atoms with Gasteiger partial charge in [-0.3, -0.25) is 0 Å². The van der Waals surface area contributed by atoms with Crippen molar-refractivity contribution in [3.8, 4) is 5.37 Å². The van der Waals surface area contributed by atoms with E-state index in [0.29, 0.717) is 0 Å². The van der Waals surface area contributed by atoms with Crippen molar-refractivity contribution in [2.24, 2.45) is 4.76 Å². The fourth-order valence-electron chi connectivity index (χ4n) is 5.58. The predicted molar refractivity (Wildman–Crippen MR) is 195 cm³/mol. The highest BCUT2D eigenvalue weighted by molar-refractivity contribution is 7.86. The molecule has 2 aromatic rings. The summed E-state index contributed by atoms with van der Waals surface area (Å²) >= 11 is 0. The summed E-state index contributed by atoms with van der Waals surface area (Å²) in [5.41, 5.74) is 10.2. The molecular formula is C39H61NP2. The molecule has 2 aromatic carbocycles. The first-order chi connectivity index (χ1) is 18.5. The molecular weight excluding hydrogens is 544 g/mol. The largest absolute Gasteiger partial charge is 0.243 e. The highest BCUT2D eigenvalue weighted by atomic mass is 31.2. The van der Waals surface area contributed by atoms with Crippen LogP contribution in [-0.4, -0.2) is 5.45 Å². The van der Waals surface area contributed by atoms with Gasteiger partial charge in [0.15, 0.2) is 0 Å². The Labute approximate surface area is 262 Å². The second kappa shape index (κ2) is 10.9. The molecule has 0 spiro atoms. The molecule has 2 unspecified atom stereocenters. The molecule has 0 fully saturated rings. The van der Waals surface area contributed by atoms with E-state index in [1.165, 1.54) is 49.4 Å². The zero-order valence-electron chi connectivity index (χ0n) is 30.7. The van der Waals surface area contributed by atoms with Gasteiger partial charge in [0.25, 0.3) is 0 Å². The molecule has 0 aliphatic carbocycles. The van der Waals surface area contributed by atoms with Crippen LogP contribution in [0.25, 0.3) is 0 Å². The van der Waals surface area contributed by atoms with Crippen molar-refractivity contribution in [1.29, 1.82) is 0 Å². The third kappa shape index (κ3) is 7.28. The Bertz CT molecular complexity index is 1410. The molecule has 232 valence electrons. The fraction of sp³-hybridized carbons (Fsp3) is 0.641. The molecule has 1 heterocycles. The molecule has 0 saturated heterocycles. The third-order valence-electron chi connectivity index (χ3n) is 8.38. The van der Waals surface area contributed by atoms with Crippen LogP contribution in [0.2, 0.25) is 0 Å². The summed E-state index contributed by atoms with van der Waals surface area (Å²) in [5, 5.41) is 7.22. The summed E-state index contributed by atoms with van der Waals surface area (Å²) in [6, 6.07) is 10.0. The number of hydrogen-bond donors (Lipinski definition) is 0. The Morgan fingerprint density at radius 2 is 0.738 bits per heavy atom. The van der Waals surface area contributed by atoms with Crippen molar-refractivity contribution in [3.05, 3.63) is 57.6 Å². The summed E-state index contributed by atoms with van der Waals surface area (Å²) in [6.07, 6.45) is 0. The van der Waals surface area contributed by atoms with E-state index in [0.717, 1.165) is 0 Å². The number of benzene rings is 2. The van der Waals surface area contributed by atoms with E-state index < -0.39 is 15.4 Å². The first-order valence-corrected chi connectivity index (χ1v) is 18.5. The van der Waals surface area contributed by atoms with Crippen LogP contribution in [0.4, 0.5) is 0 Å². The Morgan fingerprint density at radius 1 is 0.452 bits per heavy atom. The van der Waals surface area contributed by atoms with Crippen LogP contribution >= 0.6 is 15.4 Å². The van der Waals surface area contributed by atoms with Crippen molar-refractivity contribution in [2.45, 2.75) is 164 Å². The van der Waals surface area contributed by atoms with Crippen LogP contribution in [0.15, 0.2) is 29.0 Å². The summed E-state index contributed by atoms with van der Waals surface area (Å²) < 4.78 is 5.57. The zero-order chi connectivity index (χ0) is 32.6. The van der Waals surface area contributed by atoms with E-state index in [2.05, 4.69) is 161 Å². The lowest BCUT2D eigenvalue weighted by Crippen LogP contribution is -2.31. The first-order valence-electron chi connectivity index (χ1n) is 15.9. The average molecular weight is 606 g/mol. The Balaban J connectivity index is 2.52. The van der Waals surface area contributed by atoms with Gasteiger partial charge in [-0.2, -0.15) is 0 Å². The maximum absolute atomic E-state index is 5.57. The van der Waals surface area contributed by atoms with E-state index in [9.17, 15) is 0 Å². The summed E-state index contributed by atoms with van der Waals surface area (Å²) in [4.78, 5) is 0. The molecule has 3 heteroatoms. The second-order valence-electron chi connectivity index (χ2n) is 18.7. The van der Waals surface area contributed by atoms with Crippen molar-refractivity contribution in [1.82, 2.24) is 0 Å². The normalized spacial score (nSPS) is 18.1. The molecule has 1 aliphatic rings. The lowest BCUT2D eigenvalue weighted by atomic mass is 9.75. The van der Waals surface area contributed by atoms with Gasteiger partial charge in [-0.1, -0.05) is 154 Å². The van der Waals surface area contributed by atoms with Crippen LogP contribution < -0.4 is 10.6 Å². The summed E-state index contributed by atoms with van der Waals surface area (Å²) in [5.74, 6) is 0. The molecule has 0 amide bonds. The van der Waals surface area contributed by atoms with E-state index in [4.69, 9.17) is 4.76 Å². The highest BCUT2D eigenvalue weighted by Gasteiger charge is 2.36. The maximum Gasteiger partial charge on any atom is 0.122 e. The predicted octanol–water partition coefficient (Wildman–Crippen LogP) is 11.6. The van der Waals surface area contributed by atoms with Crippen molar-refractivity contribution in [2.75, 3.05) is 0 Å². The van der Waals surface area contributed by atoms with E-state index in [1.54, 1.807) is 0 Å². The Kier molecular flexibility index (Phi) is 9.11. The minimum atomic E-state index is -0.921. The number of rotatable bonds is 1. The molecule has 3 rings (SSSR count). The molecule has 0 radical (unpaired) electrons. The molecule has 2 atom stereocenters. The number of nitrogens with zero attached hydrogens (tertiary/aromatic N) is 1. The second-order valence-corrected chi connectivity index (χ2v) is 22.6. The monoisotopic (exact) mass is 605 g/mol. The molecule has 0 saturated carbocycles. The highest BCUT2D eigenvalue weighted by Crippen LogP contribution is 2.53. The van der Waals surface area contributed by atoms with Crippen LogP contribution in [0.5, 0.6) is 0 Å². The van der Waals surface area contributed by atoms with Crippen molar-refractivity contribution in [3.63, 3.8) is 0 Å². The lowest BCUT2D eigenvalue weighted by Gasteiger charge is -2.34. The van der Waals surface area contributed by atoms with Gasteiger partial charge in [-0.05, 0) is 80.2 Å². The lowest BCUT2D eigenvalue weighted by molar-refractivity contribution is 0.553. The van der Waals surface area contributed by atoms with Gasteiger partial charge in [0.1, 0.15) is 8.07 Å². The van der Waals surface area contributed by atoms with Gasteiger partial charge in [0, 0.05) is 10.6 Å². The smallest absolute Gasteiger partial charge is 0.122 e. The number of hydrogen-bond acceptors (Lipinski definition) is 1. The summed E-state index contributed by atoms with van der Waals surface area (Å²) in [6.45, 7) is 44.8. The standard InChI is InChI=1S/C39H61NP2/c1-25-40-42(33-30(38(14,15)16)22-27(35(5,6)7)23-31(33)39(17,18)19)24-41(25)32-28(36(8,9)10)20-26(34(2,3)4)21-29(32)37(11,12)13/h20-23H,1-19H3. The van der Waals surface area contributed by atoms with Crippen LogP contribution in [0.3, 0.4) is 0 Å². The Morgan fingerprint density at radius 3 is 1.00 bits per heavy atom. The maximum atomic E-state index is 5.57. The van der Waals surface area contributed by atoms with Gasteiger partial charge < -0.3 is 0 Å². The molecule has 0 N–H and O–H groups in total. The van der Waals surface area contributed by atoms with Crippen LogP contribution in [-0.2, 0) is 32.5 Å². The van der Waals surface area contributed by atoms with Crippen molar-refractivity contribution >= 4 is 31.5 Å². The van der Waals surface area contributed by atoms with Gasteiger partial charge in [-0.25, -0.2) is 4.76 Å². The van der Waals surface area contributed by atoms with Crippen molar-refractivity contribution < 1.29 is 0 Å². The molecule has 1 nitrogen and oxygen atoms in total. The summed E-state index contributed by atoms with van der Waals surface area (Å²) in [7, 11) is -1.70. The molecule has 0 bridgehead atoms. The van der Waals surface area contributed by atoms with Crippen LogP contribution in [0, 0.1) is 5.37 Å². The average Bonchev–Trinajstić information content (AvgIpc) is 3.14. The van der Waals surface area contributed by atoms with Gasteiger partial charge in [0.05, 0.1) is 5.45 Å². The zero-order valence-corrected chi connectivity index (χ0v) is 32.4. The van der Waals surface area contributed by atoms with E-state index >= 15 is 0 Å². The fourth-order valence-corrected chi connectivity index (χ4v) is 11.8. The topological polar surface area (TPSA) is 12.4 Å². The minimum Gasteiger partial charge on any atom is -0.243 e. The SMILES string of the molecule is CC1=NP(c2c(C(C)(C)C)cc(C(C)(C)C)cc2C(C)(C)C)C#P1c1c(C(C)(C)C)cc(C(C)(C)C)cc1C(C)(C)C. The van der Waals surface area contributed by atoms with Gasteiger partial charge in [-0.15, -0.1) is 0 Å². The molecule has 0 aromatic heterocycles. The third-order valence-corrected chi connectivity index (χ3v) is 13.2. The van der Waals surface area contributed by atoms with Gasteiger partial charge in [0.2, 0.25) is 0 Å². The minimum absolute atomic E-state index is 0.0108. The molecule has 1 aliphatic heterocycles. The quantitative estimate of drug-likeness (QED) is 0.287. The van der Waals surface area contributed by atoms with Gasteiger partial charge >= 0.3 is 0 Å². The molecule has 42 heavy (non-hydrogen) atoms. The Hall–Kier alpha value is -1.38. The van der Waals surface area contributed by atoms with E-state index in [-0.39, 0.29) is 32.5 Å². The van der Waals surface area contributed by atoms with Crippen LogP contribution in [0.1, 0.15) is 165 Å². The van der Waals surface area contributed by atoms with E-state index in [1.807, 2.05) is 0 Å². The first kappa shape index (κ1) is 35.1.